The lowest BCUT2D eigenvalue weighted by atomic mass is 10.0. The van der Waals surface area contributed by atoms with Crippen LogP contribution >= 0.6 is 0 Å². The SMILES string of the molecule is CC1CN(c2cc(F)c(N=C(c3ccccc3)c3ccccc3)cc2[N+](=O)[O-])CCN1C. The maximum atomic E-state index is 15.2. The number of hydrogen-bond donors (Lipinski definition) is 0. The highest BCUT2D eigenvalue weighted by atomic mass is 19.1. The molecule has 1 aliphatic heterocycles. The first-order valence-corrected chi connectivity index (χ1v) is 10.6. The van der Waals surface area contributed by atoms with Crippen molar-refractivity contribution in [3.05, 3.63) is 99.9 Å². The molecular formula is C25H25FN4O2. The highest BCUT2D eigenvalue weighted by Gasteiger charge is 2.28. The Kier molecular flexibility index (Phi) is 6.28. The molecule has 0 amide bonds. The molecule has 0 radical (unpaired) electrons. The van der Waals surface area contributed by atoms with Gasteiger partial charge in [0.05, 0.1) is 10.6 Å². The van der Waals surface area contributed by atoms with E-state index in [9.17, 15) is 10.1 Å². The molecule has 0 N–H and O–H groups in total. The second-order valence-electron chi connectivity index (χ2n) is 8.02. The largest absolute Gasteiger partial charge is 0.363 e. The molecule has 7 heteroatoms. The van der Waals surface area contributed by atoms with Gasteiger partial charge < -0.3 is 9.80 Å². The molecule has 3 aromatic carbocycles. The van der Waals surface area contributed by atoms with E-state index >= 15 is 4.39 Å². The van der Waals surface area contributed by atoms with E-state index in [4.69, 9.17) is 0 Å². The second-order valence-corrected chi connectivity index (χ2v) is 8.02. The minimum Gasteiger partial charge on any atom is -0.363 e. The van der Waals surface area contributed by atoms with Gasteiger partial charge in [-0.25, -0.2) is 9.38 Å². The lowest BCUT2D eigenvalue weighted by Gasteiger charge is -2.38. The first-order chi connectivity index (χ1) is 15.4. The molecule has 1 aliphatic rings. The average molecular weight is 432 g/mol. The van der Waals surface area contributed by atoms with Crippen molar-refractivity contribution < 1.29 is 9.31 Å². The summed E-state index contributed by atoms with van der Waals surface area (Å²) < 4.78 is 15.2. The molecule has 3 aromatic rings. The number of rotatable bonds is 5. The molecule has 0 spiro atoms. The van der Waals surface area contributed by atoms with Crippen molar-refractivity contribution in [2.24, 2.45) is 4.99 Å². The van der Waals surface area contributed by atoms with Crippen LogP contribution in [0.2, 0.25) is 0 Å². The van der Waals surface area contributed by atoms with Gasteiger partial charge in [-0.3, -0.25) is 10.1 Å². The standard InChI is InChI=1S/C25H25FN4O2/c1-18-17-29(14-13-28(18)2)23-15-21(26)22(16-24(23)30(31)32)27-25(19-9-5-3-6-10-19)20-11-7-4-8-12-20/h3-12,15-16,18H,13-14,17H2,1-2H3. The van der Waals surface area contributed by atoms with Crippen LogP contribution in [0.15, 0.2) is 77.8 Å². The van der Waals surface area contributed by atoms with Crippen molar-refractivity contribution in [2.75, 3.05) is 31.6 Å². The molecule has 1 atom stereocenters. The van der Waals surface area contributed by atoms with Crippen LogP contribution in [-0.2, 0) is 0 Å². The number of nitrogens with zero attached hydrogens (tertiary/aromatic N) is 4. The first-order valence-electron chi connectivity index (χ1n) is 10.6. The molecule has 0 saturated carbocycles. The summed E-state index contributed by atoms with van der Waals surface area (Å²) in [6, 6.07) is 21.6. The number of aliphatic imine (C=N–C) groups is 1. The summed E-state index contributed by atoms with van der Waals surface area (Å²) in [6.45, 7) is 4.01. The Balaban J connectivity index is 1.81. The summed E-state index contributed by atoms with van der Waals surface area (Å²) in [6.07, 6.45) is 0. The van der Waals surface area contributed by atoms with Gasteiger partial charge in [0.1, 0.15) is 11.4 Å². The van der Waals surface area contributed by atoms with Crippen molar-refractivity contribution in [3.8, 4) is 0 Å². The fourth-order valence-corrected chi connectivity index (χ4v) is 3.90. The Bertz CT molecular complexity index is 1090. The lowest BCUT2D eigenvalue weighted by Crippen LogP contribution is -2.50. The third kappa shape index (κ3) is 4.53. The normalized spacial score (nSPS) is 16.6. The third-order valence-corrected chi connectivity index (χ3v) is 5.87. The van der Waals surface area contributed by atoms with Gasteiger partial charge in [0.2, 0.25) is 0 Å². The van der Waals surface area contributed by atoms with Gasteiger partial charge in [-0.05, 0) is 14.0 Å². The molecule has 1 saturated heterocycles. The Hall–Kier alpha value is -3.58. The van der Waals surface area contributed by atoms with Crippen LogP contribution in [0.1, 0.15) is 18.1 Å². The van der Waals surface area contributed by atoms with E-state index in [1.807, 2.05) is 72.6 Å². The molecule has 164 valence electrons. The molecule has 1 fully saturated rings. The molecule has 32 heavy (non-hydrogen) atoms. The van der Waals surface area contributed by atoms with Gasteiger partial charge in [-0.1, -0.05) is 60.7 Å². The number of benzene rings is 3. The summed E-state index contributed by atoms with van der Waals surface area (Å²) in [5.41, 5.74) is 2.27. The molecule has 4 rings (SSSR count). The van der Waals surface area contributed by atoms with E-state index in [0.29, 0.717) is 24.5 Å². The molecule has 6 nitrogen and oxygen atoms in total. The summed E-state index contributed by atoms with van der Waals surface area (Å²) in [4.78, 5) is 20.1. The van der Waals surface area contributed by atoms with Gasteiger partial charge in [-0.2, -0.15) is 0 Å². The maximum Gasteiger partial charge on any atom is 0.294 e. The van der Waals surface area contributed by atoms with Crippen molar-refractivity contribution in [1.82, 2.24) is 4.90 Å². The zero-order chi connectivity index (χ0) is 22.7. The van der Waals surface area contributed by atoms with Gasteiger partial charge in [0.25, 0.3) is 5.69 Å². The Morgan fingerprint density at radius 3 is 2.16 bits per heavy atom. The van der Waals surface area contributed by atoms with E-state index in [2.05, 4.69) is 16.8 Å². The number of piperazine rings is 1. The van der Waals surface area contributed by atoms with Gasteiger partial charge in [0, 0.05) is 48.9 Å². The Morgan fingerprint density at radius 2 is 1.62 bits per heavy atom. The summed E-state index contributed by atoms with van der Waals surface area (Å²) in [7, 11) is 2.02. The van der Waals surface area contributed by atoms with E-state index < -0.39 is 10.7 Å². The molecule has 0 bridgehead atoms. The first kappa shape index (κ1) is 21.6. The predicted molar refractivity (Wildman–Crippen MR) is 126 cm³/mol. The lowest BCUT2D eigenvalue weighted by molar-refractivity contribution is -0.384. The van der Waals surface area contributed by atoms with Crippen molar-refractivity contribution in [2.45, 2.75) is 13.0 Å². The minimum absolute atomic E-state index is 0.0506. The summed E-state index contributed by atoms with van der Waals surface area (Å²) in [5.74, 6) is -0.582. The van der Waals surface area contributed by atoms with Crippen LogP contribution < -0.4 is 4.90 Å². The zero-order valence-electron chi connectivity index (χ0n) is 18.1. The number of nitro benzene ring substituents is 1. The van der Waals surface area contributed by atoms with Crippen molar-refractivity contribution >= 4 is 22.8 Å². The average Bonchev–Trinajstić information content (AvgIpc) is 2.81. The smallest absolute Gasteiger partial charge is 0.294 e. The summed E-state index contributed by atoms with van der Waals surface area (Å²) >= 11 is 0. The van der Waals surface area contributed by atoms with E-state index in [1.165, 1.54) is 12.1 Å². The zero-order valence-corrected chi connectivity index (χ0v) is 18.1. The molecule has 0 aliphatic carbocycles. The number of hydrogen-bond acceptors (Lipinski definition) is 5. The van der Waals surface area contributed by atoms with Gasteiger partial charge in [0.15, 0.2) is 5.82 Å². The quantitative estimate of drug-likeness (QED) is 0.322. The van der Waals surface area contributed by atoms with E-state index in [0.717, 1.165) is 17.7 Å². The predicted octanol–water partition coefficient (Wildman–Crippen LogP) is 5.04. The highest BCUT2D eigenvalue weighted by molar-refractivity contribution is 6.14. The van der Waals surface area contributed by atoms with Crippen LogP contribution in [0.3, 0.4) is 0 Å². The number of likely N-dealkylation sites (N-methyl/N-ethyl adjacent to an activating group) is 1. The fraction of sp³-hybridized carbons (Fsp3) is 0.240. The van der Waals surface area contributed by atoms with Crippen LogP contribution in [-0.4, -0.2) is 48.3 Å². The summed E-state index contributed by atoms with van der Waals surface area (Å²) in [5, 5.41) is 11.9. The number of halogens is 1. The van der Waals surface area contributed by atoms with Crippen LogP contribution in [0.5, 0.6) is 0 Å². The number of anilines is 1. The highest BCUT2D eigenvalue weighted by Crippen LogP contribution is 2.36. The molecule has 1 unspecified atom stereocenters. The van der Waals surface area contributed by atoms with Crippen molar-refractivity contribution in [3.63, 3.8) is 0 Å². The molecule has 0 aromatic heterocycles. The van der Waals surface area contributed by atoms with Crippen molar-refractivity contribution in [1.29, 1.82) is 0 Å². The Morgan fingerprint density at radius 1 is 1.03 bits per heavy atom. The van der Waals surface area contributed by atoms with Crippen LogP contribution in [0.4, 0.5) is 21.5 Å². The van der Waals surface area contributed by atoms with Crippen LogP contribution in [0.25, 0.3) is 0 Å². The van der Waals surface area contributed by atoms with Gasteiger partial charge >= 0.3 is 0 Å². The van der Waals surface area contributed by atoms with E-state index in [1.54, 1.807) is 0 Å². The Labute approximate surface area is 186 Å². The second kappa shape index (κ2) is 9.28. The molecule has 1 heterocycles. The topological polar surface area (TPSA) is 62.0 Å². The minimum atomic E-state index is -0.582. The third-order valence-electron chi connectivity index (χ3n) is 5.87. The monoisotopic (exact) mass is 432 g/mol. The van der Waals surface area contributed by atoms with Crippen LogP contribution in [0, 0.1) is 15.9 Å². The maximum absolute atomic E-state index is 15.2. The fourth-order valence-electron chi connectivity index (χ4n) is 3.90. The van der Waals surface area contributed by atoms with E-state index in [-0.39, 0.29) is 17.4 Å². The molecular weight excluding hydrogens is 407 g/mol. The number of nitro groups is 1. The van der Waals surface area contributed by atoms with Gasteiger partial charge in [-0.15, -0.1) is 0 Å².